The summed E-state index contributed by atoms with van der Waals surface area (Å²) in [7, 11) is 0. The topological polar surface area (TPSA) is 87.5 Å². The highest BCUT2D eigenvalue weighted by Crippen LogP contribution is 2.21. The van der Waals surface area contributed by atoms with Crippen LogP contribution < -0.4 is 16.6 Å². The van der Waals surface area contributed by atoms with Crippen molar-refractivity contribution < 1.29 is 9.59 Å². The number of likely N-dealkylation sites (tertiary alicyclic amines) is 1. The molecule has 1 heterocycles. The molecule has 2 amide bonds. The fourth-order valence-corrected chi connectivity index (χ4v) is 2.40. The summed E-state index contributed by atoms with van der Waals surface area (Å²) < 4.78 is 0. The van der Waals surface area contributed by atoms with Gasteiger partial charge in [0, 0.05) is 25.0 Å². The molecule has 0 aromatic carbocycles. The minimum Gasteiger partial charge on any atom is -0.354 e. The maximum atomic E-state index is 11.8. The second-order valence-corrected chi connectivity index (χ2v) is 4.97. The van der Waals surface area contributed by atoms with E-state index in [4.69, 9.17) is 5.84 Å². The van der Waals surface area contributed by atoms with Crippen molar-refractivity contribution >= 4 is 11.8 Å². The molecule has 18 heavy (non-hydrogen) atoms. The van der Waals surface area contributed by atoms with Crippen molar-refractivity contribution in [2.45, 2.75) is 51.6 Å². The summed E-state index contributed by atoms with van der Waals surface area (Å²) in [6.45, 7) is 5.06. The molecule has 1 saturated heterocycles. The van der Waals surface area contributed by atoms with E-state index in [1.807, 2.05) is 5.43 Å². The van der Waals surface area contributed by atoms with Crippen LogP contribution in [0.2, 0.25) is 0 Å². The van der Waals surface area contributed by atoms with Crippen molar-refractivity contribution in [3.63, 3.8) is 0 Å². The number of hydrogen-bond donors (Lipinski definition) is 3. The van der Waals surface area contributed by atoms with E-state index >= 15 is 0 Å². The zero-order valence-electron chi connectivity index (χ0n) is 11.2. The van der Waals surface area contributed by atoms with Gasteiger partial charge in [-0.2, -0.15) is 0 Å². The third-order valence-electron chi connectivity index (χ3n) is 3.54. The molecule has 0 spiro atoms. The van der Waals surface area contributed by atoms with Crippen molar-refractivity contribution in [1.82, 2.24) is 15.6 Å². The molecule has 0 bridgehead atoms. The van der Waals surface area contributed by atoms with Gasteiger partial charge in [0.2, 0.25) is 11.8 Å². The molecule has 0 aromatic heterocycles. The quantitative estimate of drug-likeness (QED) is 0.209. The predicted molar refractivity (Wildman–Crippen MR) is 69.4 cm³/mol. The number of piperidine rings is 1. The Morgan fingerprint density at radius 3 is 2.39 bits per heavy atom. The molecular weight excluding hydrogens is 236 g/mol. The average Bonchev–Trinajstić information content (AvgIpc) is 2.34. The first kappa shape index (κ1) is 14.9. The first-order valence-corrected chi connectivity index (χ1v) is 6.56. The van der Waals surface area contributed by atoms with Crippen molar-refractivity contribution in [1.29, 1.82) is 0 Å². The van der Waals surface area contributed by atoms with Crippen LogP contribution >= 0.6 is 0 Å². The standard InChI is InChI=1S/C12H24N4O2/c1-9-4-3-5-10(2)16(9)8-12(18)14-7-6-11(17)15-13/h9-10H,3-8,13H2,1-2H3,(H,14,18)(H,15,17)/t9-,10+/i1+1,7+1,12+1,16+1/m0/s1. The fraction of sp³-hybridized carbons (Fsp3) is 0.833. The largest absolute Gasteiger partial charge is 0.354 e. The number of nitrogens with two attached hydrogens (primary N) is 1. The summed E-state index contributed by atoms with van der Waals surface area (Å²) in [6, 6.07) is 0.902. The Kier molecular flexibility index (Phi) is 6.07. The van der Waals surface area contributed by atoms with E-state index in [0.29, 0.717) is 25.2 Å². The van der Waals surface area contributed by atoms with E-state index < -0.39 is 0 Å². The minimum atomic E-state index is -0.269. The van der Waals surface area contributed by atoms with E-state index in [1.165, 1.54) is 6.42 Å². The predicted octanol–water partition coefficient (Wildman–Crippen LogP) is -0.254. The monoisotopic (exact) mass is 260 g/mol. The minimum absolute atomic E-state index is 0.0274. The average molecular weight is 260 g/mol. The number of amides is 2. The molecule has 4 N–H and O–H groups in total. The number of carbonyl (C=O) groups excluding carboxylic acids is 2. The number of hydrogen-bond acceptors (Lipinski definition) is 4. The SMILES string of the molecule is C[C@@H]1CCC[C@H]([13CH3])[15N]1C[13C](=O)N[13CH2]CC(=O)NN. The summed E-state index contributed by atoms with van der Waals surface area (Å²) in [5.74, 6) is 4.66. The second kappa shape index (κ2) is 7.33. The van der Waals surface area contributed by atoms with Gasteiger partial charge in [-0.05, 0) is 26.7 Å². The second-order valence-electron chi connectivity index (χ2n) is 4.97. The zero-order valence-corrected chi connectivity index (χ0v) is 11.2. The van der Waals surface area contributed by atoms with E-state index in [-0.39, 0.29) is 18.2 Å². The van der Waals surface area contributed by atoms with E-state index in [2.05, 4.69) is 24.1 Å². The van der Waals surface area contributed by atoms with Crippen molar-refractivity contribution in [3.8, 4) is 0 Å². The molecule has 0 radical (unpaired) electrons. The van der Waals surface area contributed by atoms with Gasteiger partial charge in [0.1, 0.15) is 0 Å². The van der Waals surface area contributed by atoms with Crippen molar-refractivity contribution in [2.24, 2.45) is 5.84 Å². The molecule has 0 unspecified atom stereocenters. The van der Waals surface area contributed by atoms with Crippen LogP contribution in [0.15, 0.2) is 0 Å². The van der Waals surface area contributed by atoms with E-state index in [9.17, 15) is 9.59 Å². The highest BCUT2D eigenvalue weighted by Gasteiger charge is 2.26. The lowest BCUT2D eigenvalue weighted by molar-refractivity contribution is -0.124. The normalized spacial score (nSPS) is 24.6. The molecule has 1 fully saturated rings. The summed E-state index contributed by atoms with van der Waals surface area (Å²) in [5.41, 5.74) is 2.03. The molecular formula is C12H24N4O2. The maximum Gasteiger partial charge on any atom is 0.235 e. The van der Waals surface area contributed by atoms with Crippen LogP contribution in [0.1, 0.15) is 39.5 Å². The van der Waals surface area contributed by atoms with E-state index in [0.717, 1.165) is 12.8 Å². The Morgan fingerprint density at radius 2 is 1.83 bits per heavy atom. The molecule has 1 aliphatic rings. The van der Waals surface area contributed by atoms with Crippen molar-refractivity contribution in [3.05, 3.63) is 0 Å². The lowest BCUT2D eigenvalue weighted by Gasteiger charge is -2.38. The smallest absolute Gasteiger partial charge is 0.235 e. The summed E-state index contributed by atoms with van der Waals surface area (Å²) in [6.07, 6.45) is 3.74. The molecule has 0 aromatic rings. The Morgan fingerprint density at radius 1 is 1.22 bits per heavy atom. The van der Waals surface area contributed by atoms with Gasteiger partial charge in [-0.25, -0.2) is 5.84 Å². The number of hydrazine groups is 1. The molecule has 2 atom stereocenters. The van der Waals surface area contributed by atoms with Gasteiger partial charge in [-0.3, -0.25) is 19.9 Å². The van der Waals surface area contributed by atoms with Crippen LogP contribution in [0, 0.1) is 0 Å². The summed E-state index contributed by atoms with van der Waals surface area (Å²) in [4.78, 5) is 24.9. The van der Waals surface area contributed by atoms with Gasteiger partial charge >= 0.3 is 0 Å². The Labute approximate surface area is 108 Å². The Bertz CT molecular complexity index is 286. The summed E-state index contributed by atoms with van der Waals surface area (Å²) in [5, 5.41) is 2.74. The fourth-order valence-electron chi connectivity index (χ4n) is 2.40. The zero-order chi connectivity index (χ0) is 13.5. The first-order chi connectivity index (χ1) is 8.54. The van der Waals surface area contributed by atoms with Crippen molar-refractivity contribution in [2.75, 3.05) is 13.1 Å². The van der Waals surface area contributed by atoms with Gasteiger partial charge in [0.25, 0.3) is 0 Å². The third kappa shape index (κ3) is 4.62. The summed E-state index contributed by atoms with van der Waals surface area (Å²) >= 11 is 0. The lowest BCUT2D eigenvalue weighted by Crippen LogP contribution is -2.49. The molecule has 0 saturated carbocycles. The van der Waals surface area contributed by atoms with Gasteiger partial charge in [0.05, 0.1) is 6.54 Å². The molecule has 1 rings (SSSR count). The van der Waals surface area contributed by atoms with Gasteiger partial charge in [0.15, 0.2) is 0 Å². The molecule has 1 aliphatic heterocycles. The number of nitrogens with one attached hydrogen (secondary N) is 2. The van der Waals surface area contributed by atoms with Crippen LogP contribution in [0.4, 0.5) is 0 Å². The van der Waals surface area contributed by atoms with Crippen LogP contribution in [-0.2, 0) is 9.59 Å². The van der Waals surface area contributed by atoms with Crippen LogP contribution in [-0.4, -0.2) is 41.9 Å². The lowest BCUT2D eigenvalue weighted by atomic mass is 10.1. The molecule has 6 nitrogen and oxygen atoms in total. The molecule has 6 heteroatoms. The Balaban J connectivity index is 2.28. The van der Waals surface area contributed by atoms with Crippen LogP contribution in [0.25, 0.3) is 0 Å². The molecule has 104 valence electrons. The third-order valence-corrected chi connectivity index (χ3v) is 3.54. The number of nitrogens with zero attached hydrogens (tertiary/aromatic N) is 1. The van der Waals surface area contributed by atoms with Crippen LogP contribution in [0.3, 0.4) is 0 Å². The number of carbonyl (C=O) groups is 2. The first-order valence-electron chi connectivity index (χ1n) is 6.56. The highest BCUT2D eigenvalue weighted by atomic mass is 16.2. The highest BCUT2D eigenvalue weighted by molar-refractivity contribution is 5.79. The number of rotatable bonds is 5. The van der Waals surface area contributed by atoms with Gasteiger partial charge in [-0.1, -0.05) is 6.42 Å². The van der Waals surface area contributed by atoms with Crippen LogP contribution in [0.5, 0.6) is 0 Å². The maximum absolute atomic E-state index is 11.8. The van der Waals surface area contributed by atoms with Gasteiger partial charge < -0.3 is 5.32 Å². The van der Waals surface area contributed by atoms with E-state index in [1.54, 1.807) is 0 Å². The molecule has 0 aliphatic carbocycles. The Hall–Kier alpha value is -1.14. The van der Waals surface area contributed by atoms with Gasteiger partial charge in [-0.15, -0.1) is 0 Å².